The molecule has 0 aliphatic carbocycles. The van der Waals surface area contributed by atoms with Crippen LogP contribution in [0.5, 0.6) is 0 Å². The Hall–Kier alpha value is -2.41. The second kappa shape index (κ2) is 6.85. The van der Waals surface area contributed by atoms with E-state index in [1.165, 1.54) is 18.2 Å². The summed E-state index contributed by atoms with van der Waals surface area (Å²) in [6.07, 6.45) is 0. The highest BCUT2D eigenvalue weighted by Gasteiger charge is 2.23. The standard InChI is InChI=1S/C12H3Br2FN4O2/c13-6-1-7(14)11(9(10(6)15)12(20)21)19-8(4-18)5(2-16)3-17/h1,19H,(H,20,21). The van der Waals surface area contributed by atoms with Gasteiger partial charge in [0.2, 0.25) is 0 Å². The third-order valence-electron chi connectivity index (χ3n) is 2.22. The van der Waals surface area contributed by atoms with Crippen LogP contribution in [0, 0.1) is 39.8 Å². The number of carbonyl (C=O) groups is 1. The lowest BCUT2D eigenvalue weighted by Crippen LogP contribution is -2.10. The van der Waals surface area contributed by atoms with E-state index in [0.717, 1.165) is 0 Å². The second-order valence-corrected chi connectivity index (χ2v) is 5.13. The van der Waals surface area contributed by atoms with E-state index in [9.17, 15) is 9.18 Å². The molecule has 0 radical (unpaired) electrons. The average Bonchev–Trinajstić information content (AvgIpc) is 2.43. The molecular formula is C12H3Br2FN4O2. The minimum absolute atomic E-state index is 0.0967. The fourth-order valence-electron chi connectivity index (χ4n) is 1.33. The Labute approximate surface area is 135 Å². The molecule has 0 aliphatic rings. The Morgan fingerprint density at radius 1 is 1.19 bits per heavy atom. The summed E-state index contributed by atoms with van der Waals surface area (Å²) >= 11 is 5.89. The van der Waals surface area contributed by atoms with Crippen LogP contribution in [0.3, 0.4) is 0 Å². The molecule has 0 aliphatic heterocycles. The van der Waals surface area contributed by atoms with Crippen LogP contribution in [0.1, 0.15) is 10.4 Å². The summed E-state index contributed by atoms with van der Waals surface area (Å²) in [6, 6.07) is 5.76. The fraction of sp³-hybridized carbons (Fsp3) is 0. The normalized spacial score (nSPS) is 8.95. The van der Waals surface area contributed by atoms with Crippen molar-refractivity contribution in [3.63, 3.8) is 0 Å². The van der Waals surface area contributed by atoms with Crippen LogP contribution in [-0.4, -0.2) is 11.1 Å². The molecule has 1 rings (SSSR count). The number of carboxylic acids is 1. The van der Waals surface area contributed by atoms with Crippen molar-refractivity contribution in [3.8, 4) is 18.2 Å². The van der Waals surface area contributed by atoms with E-state index in [-0.39, 0.29) is 14.6 Å². The molecule has 1 aromatic rings. The summed E-state index contributed by atoms with van der Waals surface area (Å²) < 4.78 is 13.9. The molecule has 6 nitrogen and oxygen atoms in total. The van der Waals surface area contributed by atoms with E-state index in [1.807, 2.05) is 0 Å². The van der Waals surface area contributed by atoms with Crippen molar-refractivity contribution in [2.75, 3.05) is 5.32 Å². The van der Waals surface area contributed by atoms with Gasteiger partial charge in [-0.1, -0.05) is 0 Å². The van der Waals surface area contributed by atoms with Gasteiger partial charge < -0.3 is 10.4 Å². The van der Waals surface area contributed by atoms with Crippen molar-refractivity contribution in [1.29, 1.82) is 15.8 Å². The van der Waals surface area contributed by atoms with Gasteiger partial charge in [0, 0.05) is 4.47 Å². The quantitative estimate of drug-likeness (QED) is 0.579. The molecule has 0 unspecified atom stereocenters. The maximum atomic E-state index is 13.9. The molecule has 0 saturated carbocycles. The van der Waals surface area contributed by atoms with Crippen LogP contribution in [0.15, 0.2) is 26.3 Å². The highest BCUT2D eigenvalue weighted by Crippen LogP contribution is 2.34. The predicted molar refractivity (Wildman–Crippen MR) is 76.2 cm³/mol. The molecule has 0 aromatic heterocycles. The van der Waals surface area contributed by atoms with Gasteiger partial charge in [-0.2, -0.15) is 15.8 Å². The first-order valence-electron chi connectivity index (χ1n) is 4.99. The predicted octanol–water partition coefficient (Wildman–Crippen LogP) is 3.29. The maximum absolute atomic E-state index is 13.9. The van der Waals surface area contributed by atoms with Gasteiger partial charge in [-0.15, -0.1) is 0 Å². The number of nitrogens with one attached hydrogen (secondary N) is 1. The number of hydrogen-bond donors (Lipinski definition) is 2. The van der Waals surface area contributed by atoms with Crippen LogP contribution in [0.2, 0.25) is 0 Å². The lowest BCUT2D eigenvalue weighted by atomic mass is 10.1. The van der Waals surface area contributed by atoms with Crippen LogP contribution >= 0.6 is 31.9 Å². The smallest absolute Gasteiger partial charge is 0.340 e. The second-order valence-electron chi connectivity index (χ2n) is 3.42. The zero-order valence-corrected chi connectivity index (χ0v) is 13.1. The van der Waals surface area contributed by atoms with Crippen molar-refractivity contribution in [2.24, 2.45) is 0 Å². The zero-order valence-electron chi connectivity index (χ0n) is 9.91. The number of aromatic carboxylic acids is 1. The molecule has 0 atom stereocenters. The number of hydrogen-bond acceptors (Lipinski definition) is 5. The van der Waals surface area contributed by atoms with Gasteiger partial charge in [-0.3, -0.25) is 0 Å². The zero-order chi connectivity index (χ0) is 16.2. The van der Waals surface area contributed by atoms with Crippen LogP contribution in [0.4, 0.5) is 10.1 Å². The molecule has 21 heavy (non-hydrogen) atoms. The van der Waals surface area contributed by atoms with Crippen molar-refractivity contribution >= 4 is 43.5 Å². The molecule has 0 amide bonds. The van der Waals surface area contributed by atoms with E-state index in [2.05, 4.69) is 37.2 Å². The lowest BCUT2D eigenvalue weighted by molar-refractivity contribution is 0.0693. The van der Waals surface area contributed by atoms with Crippen molar-refractivity contribution < 1.29 is 14.3 Å². The van der Waals surface area contributed by atoms with E-state index in [1.54, 1.807) is 6.07 Å². The Kier molecular flexibility index (Phi) is 5.43. The average molecular weight is 414 g/mol. The van der Waals surface area contributed by atoms with Crippen molar-refractivity contribution in [1.82, 2.24) is 0 Å². The molecule has 9 heteroatoms. The highest BCUT2D eigenvalue weighted by molar-refractivity contribution is 9.11. The summed E-state index contributed by atoms with van der Waals surface area (Å²) in [6.45, 7) is 0. The number of anilines is 1. The third kappa shape index (κ3) is 3.38. The summed E-state index contributed by atoms with van der Waals surface area (Å²) in [4.78, 5) is 11.2. The minimum Gasteiger partial charge on any atom is -0.478 e. The third-order valence-corrected chi connectivity index (χ3v) is 3.42. The van der Waals surface area contributed by atoms with Crippen LogP contribution < -0.4 is 5.32 Å². The van der Waals surface area contributed by atoms with Gasteiger partial charge in [-0.25, -0.2) is 9.18 Å². The number of rotatable bonds is 3. The lowest BCUT2D eigenvalue weighted by Gasteiger charge is -2.12. The van der Waals surface area contributed by atoms with E-state index in [0.29, 0.717) is 0 Å². The molecule has 0 fully saturated rings. The first-order valence-corrected chi connectivity index (χ1v) is 6.58. The summed E-state index contributed by atoms with van der Waals surface area (Å²) in [5, 5.41) is 37.8. The Morgan fingerprint density at radius 3 is 2.19 bits per heavy atom. The molecule has 104 valence electrons. The highest BCUT2D eigenvalue weighted by atomic mass is 79.9. The van der Waals surface area contributed by atoms with Gasteiger partial charge in [0.1, 0.15) is 29.5 Å². The van der Waals surface area contributed by atoms with Gasteiger partial charge in [0.05, 0.1) is 10.2 Å². The minimum atomic E-state index is -1.58. The number of nitriles is 3. The number of carboxylic acid groups (broad SMARTS) is 1. The molecule has 1 aromatic carbocycles. The SMILES string of the molecule is N#CC(C#N)=C(C#N)Nc1c(Br)cc(Br)c(F)c1C(=O)O. The van der Waals surface area contributed by atoms with Crippen molar-refractivity contribution in [2.45, 2.75) is 0 Å². The largest absolute Gasteiger partial charge is 0.478 e. The van der Waals surface area contributed by atoms with E-state index >= 15 is 0 Å². The topological polar surface area (TPSA) is 121 Å². The summed E-state index contributed by atoms with van der Waals surface area (Å²) in [5.41, 5.74) is -2.05. The Morgan fingerprint density at radius 2 is 1.76 bits per heavy atom. The number of nitrogens with zero attached hydrogens (tertiary/aromatic N) is 3. The van der Waals surface area contributed by atoms with Gasteiger partial charge in [0.15, 0.2) is 11.4 Å². The monoisotopic (exact) mass is 412 g/mol. The van der Waals surface area contributed by atoms with Gasteiger partial charge in [0.25, 0.3) is 0 Å². The van der Waals surface area contributed by atoms with Crippen molar-refractivity contribution in [3.05, 3.63) is 37.7 Å². The molecule has 0 spiro atoms. The first-order chi connectivity index (χ1) is 9.87. The number of benzene rings is 1. The fourth-order valence-corrected chi connectivity index (χ4v) is 2.59. The maximum Gasteiger partial charge on any atom is 0.340 e. The molecule has 2 N–H and O–H groups in total. The van der Waals surface area contributed by atoms with Gasteiger partial charge in [-0.05, 0) is 37.9 Å². The Bertz CT molecular complexity index is 768. The molecular weight excluding hydrogens is 411 g/mol. The van der Waals surface area contributed by atoms with E-state index in [4.69, 9.17) is 20.9 Å². The van der Waals surface area contributed by atoms with Crippen LogP contribution in [0.25, 0.3) is 0 Å². The summed E-state index contributed by atoms with van der Waals surface area (Å²) in [7, 11) is 0. The van der Waals surface area contributed by atoms with E-state index < -0.39 is 28.6 Å². The van der Waals surface area contributed by atoms with Crippen LogP contribution in [-0.2, 0) is 0 Å². The number of halogens is 3. The first kappa shape index (κ1) is 16.6. The van der Waals surface area contributed by atoms with Gasteiger partial charge >= 0.3 is 5.97 Å². The molecule has 0 bridgehead atoms. The number of allylic oxidation sites excluding steroid dienone is 2. The molecule has 0 heterocycles. The summed E-state index contributed by atoms with van der Waals surface area (Å²) in [5.74, 6) is -2.63. The Balaban J connectivity index is 3.61. The molecule has 0 saturated heterocycles.